The summed E-state index contributed by atoms with van der Waals surface area (Å²) in [4.78, 5) is 32.3. The van der Waals surface area contributed by atoms with E-state index >= 15 is 0 Å². The zero-order valence-corrected chi connectivity index (χ0v) is 30.4. The third-order valence-corrected chi connectivity index (χ3v) is 8.17. The van der Waals surface area contributed by atoms with Gasteiger partial charge in [0, 0.05) is 44.1 Å². The molecule has 2 heterocycles. The summed E-state index contributed by atoms with van der Waals surface area (Å²) in [6, 6.07) is 16.8. The number of unbranched alkanes of at least 4 members (excludes halogenated alkanes) is 3. The molecule has 0 unspecified atom stereocenters. The molecule has 0 radical (unpaired) electrons. The largest absolute Gasteiger partial charge is 0.494 e. The number of amides is 1. The lowest BCUT2D eigenvalue weighted by molar-refractivity contribution is -0.141. The Hall–Kier alpha value is -4.92. The Morgan fingerprint density at radius 2 is 1.54 bits per heavy atom. The number of carbonyl (C=O) groups is 2. The summed E-state index contributed by atoms with van der Waals surface area (Å²) in [5.74, 6) is 1.81. The van der Waals surface area contributed by atoms with Gasteiger partial charge in [0.25, 0.3) is 5.91 Å². The fourth-order valence-electron chi connectivity index (χ4n) is 5.14. The van der Waals surface area contributed by atoms with Crippen LogP contribution in [0.1, 0.15) is 73.2 Å². The molecule has 0 fully saturated rings. The maximum absolute atomic E-state index is 13.1. The second-order valence-electron chi connectivity index (χ2n) is 12.1. The van der Waals surface area contributed by atoms with E-state index in [0.717, 1.165) is 48.5 Å². The highest BCUT2D eigenvalue weighted by Crippen LogP contribution is 2.20. The highest BCUT2D eigenvalue weighted by molar-refractivity contribution is 5.95. The Kier molecular flexibility index (Phi) is 17.5. The van der Waals surface area contributed by atoms with E-state index < -0.39 is 0 Å². The van der Waals surface area contributed by atoms with Crippen molar-refractivity contribution in [2.75, 3.05) is 58.7 Å². The maximum Gasteiger partial charge on any atom is 0.305 e. The van der Waals surface area contributed by atoms with Gasteiger partial charge in [0.1, 0.15) is 17.8 Å². The topological polar surface area (TPSA) is 161 Å². The molecule has 0 aliphatic heterocycles. The van der Waals surface area contributed by atoms with Crippen molar-refractivity contribution in [3.05, 3.63) is 84.1 Å². The van der Waals surface area contributed by atoms with Crippen LogP contribution in [-0.2, 0) is 37.3 Å². The van der Waals surface area contributed by atoms with Crippen molar-refractivity contribution >= 4 is 17.6 Å². The van der Waals surface area contributed by atoms with E-state index in [0.29, 0.717) is 82.7 Å². The first-order chi connectivity index (χ1) is 25.4. The van der Waals surface area contributed by atoms with Crippen molar-refractivity contribution in [1.29, 1.82) is 0 Å². The van der Waals surface area contributed by atoms with Crippen molar-refractivity contribution in [3.63, 3.8) is 0 Å². The van der Waals surface area contributed by atoms with E-state index in [1.54, 1.807) is 18.3 Å². The molecule has 4 aromatic rings. The monoisotopic (exact) mass is 717 g/mol. The molecule has 0 aliphatic rings. The van der Waals surface area contributed by atoms with Crippen LogP contribution in [0.15, 0.2) is 67.1 Å². The van der Waals surface area contributed by atoms with Crippen molar-refractivity contribution in [1.82, 2.24) is 30.0 Å². The molecule has 0 saturated heterocycles. The lowest BCUT2D eigenvalue weighted by Gasteiger charge is -2.16. The van der Waals surface area contributed by atoms with E-state index in [1.165, 1.54) is 13.4 Å². The van der Waals surface area contributed by atoms with Crippen LogP contribution in [0.5, 0.6) is 5.75 Å². The number of carbonyl (C=O) groups excluding carboxylic acids is 2. The van der Waals surface area contributed by atoms with E-state index in [4.69, 9.17) is 18.9 Å². The Balaban J connectivity index is 1.04. The first-order valence-electron chi connectivity index (χ1n) is 17.8. The van der Waals surface area contributed by atoms with Crippen LogP contribution in [0.4, 0.5) is 5.69 Å². The third-order valence-electron chi connectivity index (χ3n) is 8.17. The molecular weight excluding hydrogens is 666 g/mol. The van der Waals surface area contributed by atoms with Gasteiger partial charge in [-0.05, 0) is 74.6 Å². The van der Waals surface area contributed by atoms with Crippen LogP contribution in [0.25, 0.3) is 11.5 Å². The fraction of sp³-hybridized carbons (Fsp3) is 0.474. The van der Waals surface area contributed by atoms with Crippen LogP contribution < -0.4 is 15.4 Å². The quantitative estimate of drug-likeness (QED) is 0.0672. The molecule has 52 heavy (non-hydrogen) atoms. The number of hydrogen-bond acceptors (Lipinski definition) is 12. The van der Waals surface area contributed by atoms with Gasteiger partial charge in [-0.25, -0.2) is 9.97 Å². The minimum Gasteiger partial charge on any atom is -0.494 e. The molecule has 2 aromatic carbocycles. The molecule has 0 aliphatic carbocycles. The van der Waals surface area contributed by atoms with Crippen molar-refractivity contribution in [2.24, 2.45) is 7.05 Å². The van der Waals surface area contributed by atoms with Crippen molar-refractivity contribution in [3.8, 4) is 17.3 Å². The molecule has 4 rings (SSSR count). The first kappa shape index (κ1) is 39.9. The van der Waals surface area contributed by atoms with Gasteiger partial charge in [-0.1, -0.05) is 24.6 Å². The predicted octanol–water partition coefficient (Wildman–Crippen LogP) is 5.32. The molecule has 0 spiro atoms. The number of anilines is 1. The van der Waals surface area contributed by atoms with Crippen molar-refractivity contribution in [2.45, 2.75) is 58.0 Å². The van der Waals surface area contributed by atoms with E-state index in [-0.39, 0.29) is 17.9 Å². The van der Waals surface area contributed by atoms with Crippen LogP contribution in [0, 0.1) is 0 Å². The molecular formula is C38H51N7O7. The Bertz CT molecular complexity index is 1620. The minimum absolute atomic E-state index is 0.160. The summed E-state index contributed by atoms with van der Waals surface area (Å²) in [6.45, 7) is 6.38. The summed E-state index contributed by atoms with van der Waals surface area (Å²) < 4.78 is 28.9. The zero-order valence-electron chi connectivity index (χ0n) is 30.4. The number of methoxy groups -OCH3 is 1. The summed E-state index contributed by atoms with van der Waals surface area (Å²) in [5, 5.41) is 15.0. The van der Waals surface area contributed by atoms with Gasteiger partial charge < -0.3 is 38.9 Å². The molecule has 0 saturated carbocycles. The zero-order chi connectivity index (χ0) is 36.8. The van der Waals surface area contributed by atoms with Gasteiger partial charge in [0.15, 0.2) is 11.6 Å². The fourth-order valence-corrected chi connectivity index (χ4v) is 5.14. The predicted molar refractivity (Wildman–Crippen MR) is 196 cm³/mol. The number of ether oxygens (including phenoxy) is 5. The summed E-state index contributed by atoms with van der Waals surface area (Å²) in [7, 11) is 3.27. The lowest BCUT2D eigenvalue weighted by atomic mass is 10.1. The number of nitrogens with zero attached hydrogens (tertiary/aromatic N) is 5. The smallest absolute Gasteiger partial charge is 0.305 e. The molecule has 280 valence electrons. The number of rotatable bonds is 25. The highest BCUT2D eigenvalue weighted by Gasteiger charge is 2.14. The second-order valence-corrected chi connectivity index (χ2v) is 12.1. The van der Waals surface area contributed by atoms with Crippen LogP contribution >= 0.6 is 0 Å². The molecule has 1 atom stereocenters. The van der Waals surface area contributed by atoms with Gasteiger partial charge >= 0.3 is 5.97 Å². The summed E-state index contributed by atoms with van der Waals surface area (Å²) >= 11 is 0. The number of hydrogen-bond donors (Lipinski definition) is 2. The number of aromatic nitrogens is 5. The first-order valence-corrected chi connectivity index (χ1v) is 17.8. The Labute approximate surface area is 305 Å². The summed E-state index contributed by atoms with van der Waals surface area (Å²) in [6.07, 6.45) is 8.27. The van der Waals surface area contributed by atoms with Crippen LogP contribution in [-0.4, -0.2) is 90.0 Å². The average Bonchev–Trinajstić information content (AvgIpc) is 3.55. The maximum atomic E-state index is 13.1. The Morgan fingerprint density at radius 3 is 2.25 bits per heavy atom. The van der Waals surface area contributed by atoms with Gasteiger partial charge in [0.2, 0.25) is 0 Å². The molecule has 14 nitrogen and oxygen atoms in total. The van der Waals surface area contributed by atoms with Gasteiger partial charge in [0.05, 0.1) is 52.7 Å². The molecule has 2 N–H and O–H groups in total. The number of benzene rings is 2. The highest BCUT2D eigenvalue weighted by atomic mass is 16.5. The normalized spacial score (nSPS) is 11.6. The number of nitrogens with one attached hydrogen (secondary N) is 2. The Morgan fingerprint density at radius 1 is 0.827 bits per heavy atom. The molecule has 2 aromatic heterocycles. The molecule has 14 heteroatoms. The second kappa shape index (κ2) is 22.8. The number of esters is 1. The third kappa shape index (κ3) is 14.0. The molecule has 1 amide bonds. The van der Waals surface area contributed by atoms with E-state index in [2.05, 4.69) is 35.5 Å². The van der Waals surface area contributed by atoms with E-state index in [1.807, 2.05) is 61.0 Å². The van der Waals surface area contributed by atoms with Gasteiger partial charge in [-0.3, -0.25) is 9.59 Å². The lowest BCUT2D eigenvalue weighted by Crippen LogP contribution is -2.26. The van der Waals surface area contributed by atoms with Crippen LogP contribution in [0.2, 0.25) is 0 Å². The van der Waals surface area contributed by atoms with Gasteiger partial charge in [-0.15, -0.1) is 10.2 Å². The molecule has 0 bridgehead atoms. The minimum atomic E-state index is -0.219. The van der Waals surface area contributed by atoms with Crippen LogP contribution in [0.3, 0.4) is 0 Å². The standard InChI is InChI=1S/C38H51N7O7/c1-29(42-38(47)31-10-8-11-32(26-31)40-27-35-43-44-37(45(35)2)34-17-18-39-28-41-34)30-13-15-33(16-14-30)52-21-7-5-4-6-19-49-22-24-51-25-23-50-20-9-12-36(46)48-3/h8,10-11,13-18,26,28-29,40H,4-7,9,12,19-25,27H2,1-3H3,(H,42,47)/t29-/m1/s1. The SMILES string of the molecule is COC(=O)CCCOCCOCCOCCCCCCOc1ccc([C@@H](C)NC(=O)c2cccc(NCc3nnc(-c4ccncn4)n3C)c2)cc1. The van der Waals surface area contributed by atoms with E-state index in [9.17, 15) is 9.59 Å². The van der Waals surface area contributed by atoms with Gasteiger partial charge in [-0.2, -0.15) is 0 Å². The summed E-state index contributed by atoms with van der Waals surface area (Å²) in [5.41, 5.74) is 3.04. The average molecular weight is 718 g/mol. The van der Waals surface area contributed by atoms with Crippen molar-refractivity contribution < 1.29 is 33.3 Å².